The molecule has 1 unspecified atom stereocenters. The first-order chi connectivity index (χ1) is 14.7. The van der Waals surface area contributed by atoms with Gasteiger partial charge in [0.1, 0.15) is 0 Å². The number of aryl methyl sites for hydroxylation is 1. The van der Waals surface area contributed by atoms with Gasteiger partial charge in [0.25, 0.3) is 0 Å². The van der Waals surface area contributed by atoms with Crippen LogP contribution in [0.1, 0.15) is 47.3 Å². The minimum Gasteiger partial charge on any atom is -0.466 e. The Morgan fingerprint density at radius 1 is 1.17 bits per heavy atom. The summed E-state index contributed by atoms with van der Waals surface area (Å²) in [6.07, 6.45) is 1.85. The molecule has 0 radical (unpaired) electrons. The van der Waals surface area contributed by atoms with E-state index in [4.69, 9.17) is 4.74 Å². The second-order valence-electron chi connectivity index (χ2n) is 8.15. The summed E-state index contributed by atoms with van der Waals surface area (Å²) in [5.41, 5.74) is 5.74. The highest BCUT2D eigenvalue weighted by Crippen LogP contribution is 2.46. The zero-order chi connectivity index (χ0) is 20.9. The van der Waals surface area contributed by atoms with Crippen LogP contribution in [0.5, 0.6) is 0 Å². The van der Waals surface area contributed by atoms with Gasteiger partial charge in [0.05, 0.1) is 17.8 Å². The molecular weight excluding hydrogens is 410 g/mol. The van der Waals surface area contributed by atoms with Crippen molar-refractivity contribution in [3.8, 4) is 0 Å². The Morgan fingerprint density at radius 3 is 2.77 bits per heavy atom. The highest BCUT2D eigenvalue weighted by atomic mass is 32.2. The molecule has 2 aromatic carbocycles. The number of hydrogen-bond donors (Lipinski definition) is 0. The number of ether oxygens (including phenoxy) is 1. The summed E-state index contributed by atoms with van der Waals surface area (Å²) in [6.45, 7) is 7.63. The Morgan fingerprint density at radius 2 is 1.97 bits per heavy atom. The van der Waals surface area contributed by atoms with Crippen LogP contribution in [0.3, 0.4) is 0 Å². The van der Waals surface area contributed by atoms with E-state index in [2.05, 4.69) is 66.1 Å². The van der Waals surface area contributed by atoms with Gasteiger partial charge in [-0.25, -0.2) is 0 Å². The Kier molecular flexibility index (Phi) is 7.45. The average Bonchev–Trinajstić information content (AvgIpc) is 2.91. The molecule has 2 heterocycles. The number of rotatable bonds is 6. The molecule has 2 aliphatic heterocycles. The van der Waals surface area contributed by atoms with Gasteiger partial charge in [0, 0.05) is 22.9 Å². The number of fused-ring (bicyclic) bond motifs is 2. The van der Waals surface area contributed by atoms with Gasteiger partial charge in [-0.3, -0.25) is 4.79 Å². The van der Waals surface area contributed by atoms with E-state index in [0.717, 1.165) is 44.0 Å². The van der Waals surface area contributed by atoms with E-state index in [-0.39, 0.29) is 11.9 Å². The van der Waals surface area contributed by atoms with E-state index >= 15 is 0 Å². The number of likely N-dealkylation sites (tertiary alicyclic amines) is 1. The zero-order valence-corrected chi connectivity index (χ0v) is 19.6. The van der Waals surface area contributed by atoms with Crippen molar-refractivity contribution in [3.05, 3.63) is 64.7 Å². The summed E-state index contributed by atoms with van der Waals surface area (Å²) in [5, 5.41) is 0.392. The standard InChI is InChI=1S/C25H31NO2S2/c1-3-28-25(27)19-10-12-26(13-11-19)14-15-29-24-21-7-5-4-6-20(21)17-30-23-9-8-18(2)16-22(23)24/h4-9,16,19,24H,3,10-15,17H2,1-2H3. The van der Waals surface area contributed by atoms with Gasteiger partial charge < -0.3 is 9.64 Å². The van der Waals surface area contributed by atoms with E-state index in [0.29, 0.717) is 11.9 Å². The third kappa shape index (κ3) is 5.06. The maximum absolute atomic E-state index is 12.0. The number of hydrogen-bond acceptors (Lipinski definition) is 5. The van der Waals surface area contributed by atoms with E-state index < -0.39 is 0 Å². The number of nitrogens with zero attached hydrogens (tertiary/aromatic N) is 1. The Hall–Kier alpha value is -1.43. The van der Waals surface area contributed by atoms with Crippen molar-refractivity contribution in [1.82, 2.24) is 4.90 Å². The van der Waals surface area contributed by atoms with E-state index in [1.807, 2.05) is 18.7 Å². The van der Waals surface area contributed by atoms with Crippen molar-refractivity contribution in [2.45, 2.75) is 42.6 Å². The molecule has 1 saturated heterocycles. The predicted octanol–water partition coefficient (Wildman–Crippen LogP) is 5.70. The first kappa shape index (κ1) is 21.8. The molecule has 0 N–H and O–H groups in total. The maximum atomic E-state index is 12.0. The molecule has 0 amide bonds. The highest BCUT2D eigenvalue weighted by molar-refractivity contribution is 8.00. The molecule has 0 saturated carbocycles. The molecule has 0 bridgehead atoms. The van der Waals surface area contributed by atoms with Crippen LogP contribution in [0.15, 0.2) is 47.4 Å². The van der Waals surface area contributed by atoms with Crippen LogP contribution < -0.4 is 0 Å². The minimum atomic E-state index is -0.00827. The van der Waals surface area contributed by atoms with Crippen molar-refractivity contribution < 1.29 is 9.53 Å². The van der Waals surface area contributed by atoms with Crippen molar-refractivity contribution in [3.63, 3.8) is 0 Å². The summed E-state index contributed by atoms with van der Waals surface area (Å²) in [5.74, 6) is 2.23. The molecule has 2 aromatic rings. The summed E-state index contributed by atoms with van der Waals surface area (Å²) in [4.78, 5) is 15.9. The third-order valence-electron chi connectivity index (χ3n) is 6.07. The molecule has 1 fully saturated rings. The van der Waals surface area contributed by atoms with Gasteiger partial charge in [-0.2, -0.15) is 0 Å². The Balaban J connectivity index is 1.40. The van der Waals surface area contributed by atoms with Crippen LogP contribution in [0.25, 0.3) is 0 Å². The molecule has 30 heavy (non-hydrogen) atoms. The number of carbonyl (C=O) groups excluding carboxylic acids is 1. The van der Waals surface area contributed by atoms with Crippen LogP contribution in [0.4, 0.5) is 0 Å². The second-order valence-corrected chi connectivity index (χ2v) is 10.4. The molecule has 1 atom stereocenters. The first-order valence-electron chi connectivity index (χ1n) is 11.0. The lowest BCUT2D eigenvalue weighted by molar-refractivity contribution is -0.149. The molecule has 160 valence electrons. The predicted molar refractivity (Wildman–Crippen MR) is 127 cm³/mol. The fourth-order valence-electron chi connectivity index (χ4n) is 4.38. The molecular formula is C25H31NO2S2. The molecule has 4 rings (SSSR count). The van der Waals surface area contributed by atoms with Crippen molar-refractivity contribution >= 4 is 29.5 Å². The van der Waals surface area contributed by atoms with Crippen molar-refractivity contribution in [2.75, 3.05) is 32.0 Å². The smallest absolute Gasteiger partial charge is 0.309 e. The number of esters is 1. The van der Waals surface area contributed by atoms with Crippen LogP contribution in [0.2, 0.25) is 0 Å². The number of piperidine rings is 1. The van der Waals surface area contributed by atoms with E-state index in [9.17, 15) is 4.79 Å². The number of thioether (sulfide) groups is 2. The highest BCUT2D eigenvalue weighted by Gasteiger charge is 2.27. The fourth-order valence-corrected chi connectivity index (χ4v) is 6.92. The summed E-state index contributed by atoms with van der Waals surface area (Å²) >= 11 is 4.03. The number of benzene rings is 2. The largest absolute Gasteiger partial charge is 0.466 e. The van der Waals surface area contributed by atoms with E-state index in [1.54, 1.807) is 0 Å². The van der Waals surface area contributed by atoms with Crippen molar-refractivity contribution in [2.24, 2.45) is 5.92 Å². The van der Waals surface area contributed by atoms with Crippen LogP contribution >= 0.6 is 23.5 Å². The van der Waals surface area contributed by atoms with Crippen LogP contribution in [-0.2, 0) is 15.3 Å². The van der Waals surface area contributed by atoms with Gasteiger partial charge in [-0.15, -0.1) is 23.5 Å². The van der Waals surface area contributed by atoms with Gasteiger partial charge in [0.15, 0.2) is 0 Å². The summed E-state index contributed by atoms with van der Waals surface area (Å²) in [7, 11) is 0. The van der Waals surface area contributed by atoms with Gasteiger partial charge >= 0.3 is 5.97 Å². The normalized spacial score (nSPS) is 19.6. The van der Waals surface area contributed by atoms with Gasteiger partial charge in [0.2, 0.25) is 0 Å². The van der Waals surface area contributed by atoms with Crippen LogP contribution in [0, 0.1) is 12.8 Å². The lowest BCUT2D eigenvalue weighted by atomic mass is 9.97. The first-order valence-corrected chi connectivity index (χ1v) is 13.0. The Labute approximate surface area is 189 Å². The second kappa shape index (κ2) is 10.3. The SMILES string of the molecule is CCOC(=O)C1CCN(CCSC2c3ccccc3CSc3ccc(C)cc32)CC1. The summed E-state index contributed by atoms with van der Waals surface area (Å²) in [6, 6.07) is 15.9. The molecule has 0 spiro atoms. The van der Waals surface area contributed by atoms with Gasteiger partial charge in [-0.05, 0) is 62.5 Å². The molecule has 3 nitrogen and oxygen atoms in total. The maximum Gasteiger partial charge on any atom is 0.309 e. The van der Waals surface area contributed by atoms with E-state index in [1.165, 1.54) is 27.1 Å². The minimum absolute atomic E-state index is 0.00827. The monoisotopic (exact) mass is 441 g/mol. The average molecular weight is 442 g/mol. The molecule has 0 aliphatic carbocycles. The Bertz CT molecular complexity index is 877. The quantitative estimate of drug-likeness (QED) is 0.537. The molecule has 0 aromatic heterocycles. The zero-order valence-electron chi connectivity index (χ0n) is 17.9. The lowest BCUT2D eigenvalue weighted by Crippen LogP contribution is -2.38. The topological polar surface area (TPSA) is 29.5 Å². The lowest BCUT2D eigenvalue weighted by Gasteiger charge is -2.31. The summed E-state index contributed by atoms with van der Waals surface area (Å²) < 4.78 is 5.20. The third-order valence-corrected chi connectivity index (χ3v) is 8.47. The number of carbonyl (C=O) groups is 1. The molecule has 5 heteroatoms. The van der Waals surface area contributed by atoms with Gasteiger partial charge in [-0.1, -0.05) is 42.0 Å². The molecule has 2 aliphatic rings. The van der Waals surface area contributed by atoms with Crippen molar-refractivity contribution in [1.29, 1.82) is 0 Å². The fraction of sp³-hybridized carbons (Fsp3) is 0.480. The van der Waals surface area contributed by atoms with Crippen LogP contribution in [-0.4, -0.2) is 42.9 Å².